The molecule has 4 heteroatoms. The molecule has 0 aliphatic carbocycles. The first-order valence-electron chi connectivity index (χ1n) is 8.00. The van der Waals surface area contributed by atoms with Crippen LogP contribution in [0.25, 0.3) is 16.5 Å². The Bertz CT molecular complexity index is 1040. The van der Waals surface area contributed by atoms with Gasteiger partial charge >= 0.3 is 0 Å². The van der Waals surface area contributed by atoms with Gasteiger partial charge in [0.2, 0.25) is 5.88 Å². The molecule has 124 valence electrons. The van der Waals surface area contributed by atoms with E-state index in [0.717, 1.165) is 5.56 Å². The number of benzene rings is 2. The summed E-state index contributed by atoms with van der Waals surface area (Å²) in [5, 5.41) is 12.0. The van der Waals surface area contributed by atoms with Crippen molar-refractivity contribution < 1.29 is 5.11 Å². The minimum atomic E-state index is -0.266. The summed E-state index contributed by atoms with van der Waals surface area (Å²) in [5.74, 6) is 2.40. The fourth-order valence-corrected chi connectivity index (χ4v) is 2.71. The number of aromatic hydroxyl groups is 1. The molecule has 1 aromatic heterocycles. The molecule has 3 aromatic rings. The van der Waals surface area contributed by atoms with E-state index >= 15 is 0 Å². The minimum Gasteiger partial charge on any atom is -0.494 e. The quantitative estimate of drug-likeness (QED) is 0.452. The number of nitrogens with zero attached hydrogens (tertiary/aromatic N) is 2. The molecule has 1 N–H and O–H groups in total. The van der Waals surface area contributed by atoms with Gasteiger partial charge in [0, 0.05) is 30.0 Å². The summed E-state index contributed by atoms with van der Waals surface area (Å²) in [4.78, 5) is 17.2. The summed E-state index contributed by atoms with van der Waals surface area (Å²) in [6.45, 7) is 2.43. The molecule has 0 spiro atoms. The number of fused-ring (bicyclic) bond motifs is 1. The number of rotatable bonds is 4. The summed E-state index contributed by atoms with van der Waals surface area (Å²) >= 11 is 0. The molecule has 4 nitrogen and oxygen atoms in total. The number of aromatic nitrogens is 1. The Balaban J connectivity index is 2.27. The van der Waals surface area contributed by atoms with Crippen LogP contribution < -0.4 is 5.56 Å². The van der Waals surface area contributed by atoms with Gasteiger partial charge in [-0.2, -0.15) is 0 Å². The lowest BCUT2D eigenvalue weighted by atomic mass is 10.1. The van der Waals surface area contributed by atoms with Crippen molar-refractivity contribution in [1.82, 2.24) is 4.57 Å². The Labute approximate surface area is 146 Å². The first kappa shape index (κ1) is 16.5. The van der Waals surface area contributed by atoms with E-state index in [1.165, 1.54) is 4.57 Å². The summed E-state index contributed by atoms with van der Waals surface area (Å²) in [6.07, 6.45) is 7.34. The number of pyridine rings is 1. The molecule has 25 heavy (non-hydrogen) atoms. The molecule has 0 aliphatic rings. The molecule has 0 saturated heterocycles. The molecule has 1 heterocycles. The Kier molecular flexibility index (Phi) is 4.67. The standard InChI is InChI=1S/C21H18N2O2/c1-3-4-13-22-14-19-17-7-5-6-8-18(17)20(24)23(21(19)25)16-11-9-15(2)10-12-16/h1,5-12,14,25H,4,13H2,2H3. The lowest BCUT2D eigenvalue weighted by molar-refractivity contribution is 0.436. The van der Waals surface area contributed by atoms with Gasteiger partial charge in [0.1, 0.15) is 0 Å². The topological polar surface area (TPSA) is 54.6 Å². The molecule has 0 bridgehead atoms. The van der Waals surface area contributed by atoms with E-state index in [-0.39, 0.29) is 11.4 Å². The zero-order chi connectivity index (χ0) is 17.8. The number of hydrogen-bond donors (Lipinski definition) is 1. The highest BCUT2D eigenvalue weighted by molar-refractivity contribution is 6.01. The number of terminal acetylenes is 1. The van der Waals surface area contributed by atoms with Gasteiger partial charge in [-0.15, -0.1) is 12.3 Å². The average molecular weight is 330 g/mol. The molecule has 0 saturated carbocycles. The van der Waals surface area contributed by atoms with Crippen LogP contribution in [0.15, 0.2) is 58.3 Å². The summed E-state index contributed by atoms with van der Waals surface area (Å²) < 4.78 is 1.31. The van der Waals surface area contributed by atoms with Crippen LogP contribution in [0.3, 0.4) is 0 Å². The Hall–Kier alpha value is -3.32. The number of hydrogen-bond acceptors (Lipinski definition) is 3. The van der Waals surface area contributed by atoms with Crippen molar-refractivity contribution in [3.8, 4) is 23.9 Å². The maximum Gasteiger partial charge on any atom is 0.265 e. The van der Waals surface area contributed by atoms with E-state index < -0.39 is 0 Å². The molecule has 3 rings (SSSR count). The molecule has 0 amide bonds. The Morgan fingerprint density at radius 3 is 2.52 bits per heavy atom. The molecule has 0 unspecified atom stereocenters. The van der Waals surface area contributed by atoms with Crippen molar-refractivity contribution in [3.63, 3.8) is 0 Å². The summed E-state index contributed by atoms with van der Waals surface area (Å²) in [7, 11) is 0. The van der Waals surface area contributed by atoms with Crippen LogP contribution in [0.4, 0.5) is 0 Å². The highest BCUT2D eigenvalue weighted by Gasteiger charge is 2.15. The summed E-state index contributed by atoms with van der Waals surface area (Å²) in [5.41, 5.74) is 1.93. The van der Waals surface area contributed by atoms with E-state index in [2.05, 4.69) is 10.9 Å². The zero-order valence-electron chi connectivity index (χ0n) is 13.9. The molecule has 0 fully saturated rings. The fraction of sp³-hybridized carbons (Fsp3) is 0.143. The SMILES string of the molecule is C#CCCN=Cc1c(O)n(-c2ccc(C)cc2)c(=O)c2ccccc12. The highest BCUT2D eigenvalue weighted by Crippen LogP contribution is 2.25. The van der Waals surface area contributed by atoms with Gasteiger partial charge in [0.15, 0.2) is 0 Å². The number of aryl methyl sites for hydroxylation is 1. The lowest BCUT2D eigenvalue weighted by Crippen LogP contribution is -2.20. The molecule has 0 atom stereocenters. The van der Waals surface area contributed by atoms with Crippen molar-refractivity contribution in [3.05, 3.63) is 70.0 Å². The van der Waals surface area contributed by atoms with E-state index in [1.54, 1.807) is 24.4 Å². The fourth-order valence-electron chi connectivity index (χ4n) is 2.71. The molecule has 0 radical (unpaired) electrons. The predicted molar refractivity (Wildman–Crippen MR) is 102 cm³/mol. The van der Waals surface area contributed by atoms with Gasteiger partial charge in [0.05, 0.1) is 11.3 Å². The highest BCUT2D eigenvalue weighted by atomic mass is 16.3. The third kappa shape index (κ3) is 3.17. The second-order valence-electron chi connectivity index (χ2n) is 5.75. The minimum absolute atomic E-state index is 0.128. The van der Waals surface area contributed by atoms with Crippen LogP contribution >= 0.6 is 0 Å². The molecule has 0 aliphatic heterocycles. The Morgan fingerprint density at radius 2 is 1.84 bits per heavy atom. The van der Waals surface area contributed by atoms with Gasteiger partial charge < -0.3 is 5.11 Å². The van der Waals surface area contributed by atoms with E-state index in [0.29, 0.717) is 35.0 Å². The van der Waals surface area contributed by atoms with Crippen LogP contribution in [-0.4, -0.2) is 22.4 Å². The van der Waals surface area contributed by atoms with Gasteiger partial charge in [-0.1, -0.05) is 35.9 Å². The Morgan fingerprint density at radius 1 is 1.16 bits per heavy atom. The lowest BCUT2D eigenvalue weighted by Gasteiger charge is -2.13. The van der Waals surface area contributed by atoms with Crippen LogP contribution in [0.5, 0.6) is 5.88 Å². The number of aliphatic imine (C=N–C) groups is 1. The van der Waals surface area contributed by atoms with Crippen molar-refractivity contribution in [2.45, 2.75) is 13.3 Å². The average Bonchev–Trinajstić information content (AvgIpc) is 2.63. The summed E-state index contributed by atoms with van der Waals surface area (Å²) in [6, 6.07) is 14.6. The first-order valence-corrected chi connectivity index (χ1v) is 8.00. The normalized spacial score (nSPS) is 11.0. The van der Waals surface area contributed by atoms with Crippen molar-refractivity contribution in [2.75, 3.05) is 6.54 Å². The molecular weight excluding hydrogens is 312 g/mol. The maximum atomic E-state index is 12.9. The van der Waals surface area contributed by atoms with Gasteiger partial charge in [-0.3, -0.25) is 9.79 Å². The van der Waals surface area contributed by atoms with Crippen LogP contribution in [0, 0.1) is 19.3 Å². The van der Waals surface area contributed by atoms with Crippen molar-refractivity contribution in [2.24, 2.45) is 4.99 Å². The second-order valence-corrected chi connectivity index (χ2v) is 5.75. The molecular formula is C21H18N2O2. The van der Waals surface area contributed by atoms with E-state index in [9.17, 15) is 9.90 Å². The zero-order valence-corrected chi connectivity index (χ0v) is 13.9. The van der Waals surface area contributed by atoms with Gasteiger partial charge in [0.25, 0.3) is 5.56 Å². The van der Waals surface area contributed by atoms with E-state index in [1.807, 2.05) is 37.3 Å². The third-order valence-corrected chi connectivity index (χ3v) is 4.00. The van der Waals surface area contributed by atoms with E-state index in [4.69, 9.17) is 6.42 Å². The van der Waals surface area contributed by atoms with Crippen molar-refractivity contribution in [1.29, 1.82) is 0 Å². The van der Waals surface area contributed by atoms with Crippen molar-refractivity contribution >= 4 is 17.0 Å². The van der Waals surface area contributed by atoms with Gasteiger partial charge in [-0.05, 0) is 25.1 Å². The first-order chi connectivity index (χ1) is 12.1. The predicted octanol–water partition coefficient (Wildman–Crippen LogP) is 3.45. The third-order valence-electron chi connectivity index (χ3n) is 4.00. The van der Waals surface area contributed by atoms with Crippen LogP contribution in [0.1, 0.15) is 17.5 Å². The smallest absolute Gasteiger partial charge is 0.265 e. The maximum absolute atomic E-state index is 12.9. The molecule has 2 aromatic carbocycles. The largest absolute Gasteiger partial charge is 0.494 e. The van der Waals surface area contributed by atoms with Gasteiger partial charge in [-0.25, -0.2) is 4.57 Å². The second kappa shape index (κ2) is 7.06. The van der Waals surface area contributed by atoms with Crippen LogP contribution in [0.2, 0.25) is 0 Å². The monoisotopic (exact) mass is 330 g/mol. The van der Waals surface area contributed by atoms with Crippen LogP contribution in [-0.2, 0) is 0 Å².